The van der Waals surface area contributed by atoms with Crippen LogP contribution in [-0.4, -0.2) is 47.5 Å². The number of morpholine rings is 1. The normalized spacial score (nSPS) is 14.4. The number of hydrazone groups is 1. The van der Waals surface area contributed by atoms with E-state index < -0.39 is 0 Å². The largest absolute Gasteiger partial charge is 0.378 e. The lowest BCUT2D eigenvalue weighted by Crippen LogP contribution is -2.37. The van der Waals surface area contributed by atoms with E-state index in [-0.39, 0.29) is 0 Å². The molecule has 7 heteroatoms. The van der Waals surface area contributed by atoms with Crippen molar-refractivity contribution in [3.63, 3.8) is 0 Å². The zero-order valence-electron chi connectivity index (χ0n) is 17.4. The topological polar surface area (TPSA) is 78.4 Å². The molecule has 31 heavy (non-hydrogen) atoms. The first-order chi connectivity index (χ1) is 15.3. The van der Waals surface area contributed by atoms with Gasteiger partial charge in [-0.1, -0.05) is 60.2 Å². The van der Waals surface area contributed by atoms with Crippen LogP contribution in [0.15, 0.2) is 65.9 Å². The Morgan fingerprint density at radius 2 is 1.90 bits per heavy atom. The van der Waals surface area contributed by atoms with E-state index in [1.807, 2.05) is 36.5 Å². The van der Waals surface area contributed by atoms with E-state index in [1.54, 1.807) is 6.21 Å². The maximum Gasteiger partial charge on any atom is 0.228 e. The number of aromatic amines is 1. The van der Waals surface area contributed by atoms with Gasteiger partial charge in [-0.05, 0) is 18.1 Å². The number of aromatic nitrogens is 3. The van der Waals surface area contributed by atoms with E-state index in [1.165, 1.54) is 5.56 Å². The van der Waals surface area contributed by atoms with E-state index in [0.717, 1.165) is 40.8 Å². The molecule has 1 fully saturated rings. The third-order valence-corrected chi connectivity index (χ3v) is 5.32. The molecular formula is C24H24N6O. The molecule has 0 atom stereocenters. The molecule has 1 aliphatic rings. The summed E-state index contributed by atoms with van der Waals surface area (Å²) in [6.07, 6.45) is 3.78. The van der Waals surface area contributed by atoms with Gasteiger partial charge in [-0.2, -0.15) is 10.1 Å². The third kappa shape index (κ3) is 4.13. The molecule has 0 radical (unpaired) electrons. The molecule has 0 amide bonds. The Kier molecular flexibility index (Phi) is 5.33. The molecule has 1 aliphatic heterocycles. The van der Waals surface area contributed by atoms with Crippen LogP contribution in [0, 0.1) is 6.92 Å². The van der Waals surface area contributed by atoms with Crippen molar-refractivity contribution in [2.45, 2.75) is 6.92 Å². The predicted molar refractivity (Wildman–Crippen MR) is 125 cm³/mol. The minimum atomic E-state index is 0.651. The second-order valence-corrected chi connectivity index (χ2v) is 7.55. The number of anilines is 2. The molecule has 0 bridgehead atoms. The Balaban J connectivity index is 1.54. The molecule has 7 nitrogen and oxygen atoms in total. The summed E-state index contributed by atoms with van der Waals surface area (Å²) in [5, 5.41) is 4.44. The summed E-state index contributed by atoms with van der Waals surface area (Å²) >= 11 is 0. The minimum absolute atomic E-state index is 0.651. The maximum atomic E-state index is 5.50. The van der Waals surface area contributed by atoms with Crippen molar-refractivity contribution in [1.29, 1.82) is 0 Å². The summed E-state index contributed by atoms with van der Waals surface area (Å²) in [6.45, 7) is 4.95. The van der Waals surface area contributed by atoms with Crippen LogP contribution >= 0.6 is 0 Å². The fourth-order valence-electron chi connectivity index (χ4n) is 3.74. The highest BCUT2D eigenvalue weighted by molar-refractivity contribution is 5.98. The number of ether oxygens (including phenoxy) is 1. The molecule has 0 aliphatic carbocycles. The van der Waals surface area contributed by atoms with Gasteiger partial charge in [-0.15, -0.1) is 0 Å². The third-order valence-electron chi connectivity index (χ3n) is 5.32. The Morgan fingerprint density at radius 1 is 1.06 bits per heavy atom. The molecule has 156 valence electrons. The van der Waals surface area contributed by atoms with Crippen molar-refractivity contribution in [3.8, 4) is 11.1 Å². The van der Waals surface area contributed by atoms with Crippen LogP contribution in [-0.2, 0) is 4.74 Å². The predicted octanol–water partition coefficient (Wildman–Crippen LogP) is 4.22. The monoisotopic (exact) mass is 412 g/mol. The lowest BCUT2D eigenvalue weighted by atomic mass is 10.1. The van der Waals surface area contributed by atoms with E-state index in [4.69, 9.17) is 14.7 Å². The zero-order valence-corrected chi connectivity index (χ0v) is 17.4. The van der Waals surface area contributed by atoms with Crippen molar-refractivity contribution in [2.75, 3.05) is 36.6 Å². The van der Waals surface area contributed by atoms with Crippen LogP contribution in [0.5, 0.6) is 0 Å². The fourth-order valence-corrected chi connectivity index (χ4v) is 3.74. The molecular weight excluding hydrogens is 388 g/mol. The molecule has 0 spiro atoms. The molecule has 2 N–H and O–H groups in total. The van der Waals surface area contributed by atoms with Gasteiger partial charge >= 0.3 is 0 Å². The van der Waals surface area contributed by atoms with Crippen LogP contribution < -0.4 is 10.3 Å². The highest BCUT2D eigenvalue weighted by Gasteiger charge is 2.19. The van der Waals surface area contributed by atoms with E-state index in [9.17, 15) is 0 Å². The molecule has 2 aromatic carbocycles. The van der Waals surface area contributed by atoms with Gasteiger partial charge in [-0.25, -0.2) is 4.98 Å². The van der Waals surface area contributed by atoms with Crippen LogP contribution in [0.4, 0.5) is 11.8 Å². The van der Waals surface area contributed by atoms with Crippen molar-refractivity contribution < 1.29 is 4.74 Å². The number of rotatable bonds is 5. The molecule has 0 saturated carbocycles. The molecule has 1 saturated heterocycles. The summed E-state index contributed by atoms with van der Waals surface area (Å²) in [6, 6.07) is 18.4. The molecule has 4 aromatic rings. The number of nitrogens with zero attached hydrogens (tertiary/aromatic N) is 4. The van der Waals surface area contributed by atoms with Gasteiger partial charge in [0, 0.05) is 24.8 Å². The summed E-state index contributed by atoms with van der Waals surface area (Å²) in [5.41, 5.74) is 9.20. The molecule has 0 unspecified atom stereocenters. The number of fused-ring (bicyclic) bond motifs is 1. The molecule has 2 aromatic heterocycles. The smallest absolute Gasteiger partial charge is 0.228 e. The van der Waals surface area contributed by atoms with Crippen molar-refractivity contribution in [1.82, 2.24) is 15.0 Å². The number of nitrogens with one attached hydrogen (secondary N) is 2. The van der Waals surface area contributed by atoms with E-state index >= 15 is 0 Å². The van der Waals surface area contributed by atoms with Gasteiger partial charge in [-0.3, -0.25) is 5.43 Å². The summed E-state index contributed by atoms with van der Waals surface area (Å²) in [4.78, 5) is 15.2. The van der Waals surface area contributed by atoms with E-state index in [2.05, 4.69) is 51.6 Å². The molecule has 3 heterocycles. The summed E-state index contributed by atoms with van der Waals surface area (Å²) < 4.78 is 5.50. The second kappa shape index (κ2) is 8.57. The second-order valence-electron chi connectivity index (χ2n) is 7.55. The number of hydrogen-bond acceptors (Lipinski definition) is 6. The first-order valence-corrected chi connectivity index (χ1v) is 10.4. The highest BCUT2D eigenvalue weighted by Crippen LogP contribution is 2.32. The number of aryl methyl sites for hydroxylation is 1. The Bertz CT molecular complexity index is 1210. The van der Waals surface area contributed by atoms with Crippen molar-refractivity contribution in [3.05, 3.63) is 71.9 Å². The standard InChI is InChI=1S/C24H24N6O/c1-17-6-5-7-18(14-17)15-26-29-23-22-21(20(16-25-22)19-8-3-2-4-9-19)27-24(28-23)30-10-12-31-13-11-30/h2-9,14-16,25H,10-13H2,1H3,(H,27,28,29)/b26-15+. The first-order valence-electron chi connectivity index (χ1n) is 10.4. The highest BCUT2D eigenvalue weighted by atomic mass is 16.5. The quantitative estimate of drug-likeness (QED) is 0.379. The Labute approximate surface area is 180 Å². The van der Waals surface area contributed by atoms with Gasteiger partial charge in [0.2, 0.25) is 5.95 Å². The number of benzene rings is 2. The first kappa shape index (κ1) is 19.3. The SMILES string of the molecule is Cc1cccc(/C=N/Nc2nc(N3CCOCC3)nc3c(-c4ccccc4)c[nH]c23)c1. The Hall–Kier alpha value is -3.71. The number of hydrogen-bond donors (Lipinski definition) is 2. The van der Waals surface area contributed by atoms with Gasteiger partial charge in [0.15, 0.2) is 5.82 Å². The van der Waals surface area contributed by atoms with Gasteiger partial charge < -0.3 is 14.6 Å². The molecule has 5 rings (SSSR count). The minimum Gasteiger partial charge on any atom is -0.378 e. The van der Waals surface area contributed by atoms with Crippen LogP contribution in [0.1, 0.15) is 11.1 Å². The van der Waals surface area contributed by atoms with Crippen LogP contribution in [0.3, 0.4) is 0 Å². The lowest BCUT2D eigenvalue weighted by Gasteiger charge is -2.27. The number of H-pyrrole nitrogens is 1. The fraction of sp³-hybridized carbons (Fsp3) is 0.208. The maximum absolute atomic E-state index is 5.50. The van der Waals surface area contributed by atoms with Gasteiger partial charge in [0.25, 0.3) is 0 Å². The summed E-state index contributed by atoms with van der Waals surface area (Å²) in [7, 11) is 0. The van der Waals surface area contributed by atoms with Crippen molar-refractivity contribution >= 4 is 29.0 Å². The lowest BCUT2D eigenvalue weighted by molar-refractivity contribution is 0.122. The van der Waals surface area contributed by atoms with Crippen LogP contribution in [0.25, 0.3) is 22.2 Å². The van der Waals surface area contributed by atoms with Gasteiger partial charge in [0.05, 0.1) is 19.4 Å². The van der Waals surface area contributed by atoms with E-state index in [0.29, 0.717) is 25.0 Å². The van der Waals surface area contributed by atoms with Gasteiger partial charge in [0.1, 0.15) is 11.0 Å². The average molecular weight is 412 g/mol. The summed E-state index contributed by atoms with van der Waals surface area (Å²) in [5.74, 6) is 1.33. The average Bonchev–Trinajstić information content (AvgIpc) is 3.24. The Morgan fingerprint density at radius 3 is 2.71 bits per heavy atom. The zero-order chi connectivity index (χ0) is 21.0. The van der Waals surface area contributed by atoms with Crippen molar-refractivity contribution in [2.24, 2.45) is 5.10 Å². The van der Waals surface area contributed by atoms with Crippen LogP contribution in [0.2, 0.25) is 0 Å².